The SMILES string of the molecule is CN(C)Cc1ccccc1CNC(=O)CNC(=O)c1cccc(F)c1. The maximum Gasteiger partial charge on any atom is 0.251 e. The molecule has 0 aromatic heterocycles. The Kier molecular flexibility index (Phi) is 6.65. The largest absolute Gasteiger partial charge is 0.350 e. The first-order chi connectivity index (χ1) is 12.0. The fourth-order valence-electron chi connectivity index (χ4n) is 2.37. The Balaban J connectivity index is 1.84. The van der Waals surface area contributed by atoms with E-state index in [0.717, 1.165) is 23.7 Å². The van der Waals surface area contributed by atoms with E-state index in [-0.39, 0.29) is 18.0 Å². The topological polar surface area (TPSA) is 61.4 Å². The van der Waals surface area contributed by atoms with Crippen LogP contribution in [0.1, 0.15) is 21.5 Å². The normalized spacial score (nSPS) is 10.6. The standard InChI is InChI=1S/C19H22FN3O2/c1-23(2)13-16-7-4-3-6-15(16)11-21-18(24)12-22-19(25)14-8-5-9-17(20)10-14/h3-10H,11-13H2,1-2H3,(H,21,24)(H,22,25). The van der Waals surface area contributed by atoms with E-state index < -0.39 is 11.7 Å². The molecule has 0 radical (unpaired) electrons. The summed E-state index contributed by atoms with van der Waals surface area (Å²) in [6.45, 7) is 1.01. The molecular weight excluding hydrogens is 321 g/mol. The Morgan fingerprint density at radius 2 is 1.72 bits per heavy atom. The van der Waals surface area contributed by atoms with Crippen LogP contribution in [0.3, 0.4) is 0 Å². The molecule has 0 atom stereocenters. The van der Waals surface area contributed by atoms with Crippen LogP contribution in [0.4, 0.5) is 4.39 Å². The highest BCUT2D eigenvalue weighted by atomic mass is 19.1. The van der Waals surface area contributed by atoms with Crippen LogP contribution < -0.4 is 10.6 Å². The van der Waals surface area contributed by atoms with Crippen molar-refractivity contribution in [3.05, 3.63) is 71.0 Å². The molecule has 2 rings (SSSR count). The predicted octanol–water partition coefficient (Wildman–Crippen LogP) is 1.93. The van der Waals surface area contributed by atoms with Crippen molar-refractivity contribution >= 4 is 11.8 Å². The zero-order valence-corrected chi connectivity index (χ0v) is 14.4. The van der Waals surface area contributed by atoms with E-state index in [1.165, 1.54) is 18.2 Å². The smallest absolute Gasteiger partial charge is 0.251 e. The van der Waals surface area contributed by atoms with Gasteiger partial charge in [0, 0.05) is 18.7 Å². The van der Waals surface area contributed by atoms with Crippen molar-refractivity contribution in [1.29, 1.82) is 0 Å². The number of halogens is 1. The maximum atomic E-state index is 13.1. The molecule has 0 heterocycles. The minimum absolute atomic E-state index is 0.162. The lowest BCUT2D eigenvalue weighted by molar-refractivity contribution is -0.120. The van der Waals surface area contributed by atoms with Gasteiger partial charge in [-0.15, -0.1) is 0 Å². The first-order valence-electron chi connectivity index (χ1n) is 7.97. The Bertz CT molecular complexity index is 747. The lowest BCUT2D eigenvalue weighted by atomic mass is 10.1. The van der Waals surface area contributed by atoms with Gasteiger partial charge in [-0.25, -0.2) is 4.39 Å². The number of carbonyl (C=O) groups is 2. The van der Waals surface area contributed by atoms with Crippen LogP contribution in [-0.4, -0.2) is 37.4 Å². The van der Waals surface area contributed by atoms with Crippen molar-refractivity contribution in [2.45, 2.75) is 13.1 Å². The van der Waals surface area contributed by atoms with Crippen molar-refractivity contribution < 1.29 is 14.0 Å². The van der Waals surface area contributed by atoms with Crippen molar-refractivity contribution in [1.82, 2.24) is 15.5 Å². The first kappa shape index (κ1) is 18.6. The van der Waals surface area contributed by atoms with Crippen LogP contribution in [0.15, 0.2) is 48.5 Å². The minimum Gasteiger partial charge on any atom is -0.350 e. The van der Waals surface area contributed by atoms with E-state index in [4.69, 9.17) is 0 Å². The molecule has 132 valence electrons. The molecule has 2 aromatic rings. The van der Waals surface area contributed by atoms with Crippen LogP contribution >= 0.6 is 0 Å². The van der Waals surface area contributed by atoms with Gasteiger partial charge in [-0.05, 0) is 43.4 Å². The van der Waals surface area contributed by atoms with Gasteiger partial charge < -0.3 is 15.5 Å². The molecule has 0 saturated heterocycles. The monoisotopic (exact) mass is 343 g/mol. The summed E-state index contributed by atoms with van der Waals surface area (Å²) >= 11 is 0. The molecule has 2 N–H and O–H groups in total. The number of nitrogens with one attached hydrogen (secondary N) is 2. The second kappa shape index (κ2) is 8.94. The third-order valence-corrected chi connectivity index (χ3v) is 3.58. The summed E-state index contributed by atoms with van der Waals surface area (Å²) in [6.07, 6.45) is 0. The number of hydrogen-bond acceptors (Lipinski definition) is 3. The average Bonchev–Trinajstić information content (AvgIpc) is 2.58. The van der Waals surface area contributed by atoms with E-state index in [1.54, 1.807) is 0 Å². The molecule has 0 aliphatic heterocycles. The second-order valence-corrected chi connectivity index (χ2v) is 5.98. The number of carbonyl (C=O) groups excluding carboxylic acids is 2. The van der Waals surface area contributed by atoms with E-state index in [9.17, 15) is 14.0 Å². The Labute approximate surface area is 146 Å². The molecule has 25 heavy (non-hydrogen) atoms. The summed E-state index contributed by atoms with van der Waals surface area (Å²) < 4.78 is 13.1. The molecule has 6 heteroatoms. The fraction of sp³-hybridized carbons (Fsp3) is 0.263. The maximum absolute atomic E-state index is 13.1. The van der Waals surface area contributed by atoms with E-state index >= 15 is 0 Å². The van der Waals surface area contributed by atoms with Crippen LogP contribution in [0, 0.1) is 5.82 Å². The van der Waals surface area contributed by atoms with Gasteiger partial charge in [0.05, 0.1) is 6.54 Å². The molecule has 2 aromatic carbocycles. The summed E-state index contributed by atoms with van der Waals surface area (Å²) in [7, 11) is 3.97. The Hall–Kier alpha value is -2.73. The highest BCUT2D eigenvalue weighted by Gasteiger charge is 2.09. The molecule has 5 nitrogen and oxygen atoms in total. The van der Waals surface area contributed by atoms with Gasteiger partial charge in [0.15, 0.2) is 0 Å². The number of benzene rings is 2. The van der Waals surface area contributed by atoms with Gasteiger partial charge in [0.1, 0.15) is 5.82 Å². The van der Waals surface area contributed by atoms with Crippen LogP contribution in [0.5, 0.6) is 0 Å². The van der Waals surface area contributed by atoms with E-state index in [1.807, 2.05) is 38.4 Å². The van der Waals surface area contributed by atoms with Crippen LogP contribution in [-0.2, 0) is 17.9 Å². The molecule has 0 bridgehead atoms. The predicted molar refractivity (Wildman–Crippen MR) is 94.4 cm³/mol. The Morgan fingerprint density at radius 1 is 1.00 bits per heavy atom. The van der Waals surface area contributed by atoms with Crippen molar-refractivity contribution in [3.8, 4) is 0 Å². The quantitative estimate of drug-likeness (QED) is 0.808. The third-order valence-electron chi connectivity index (χ3n) is 3.58. The second-order valence-electron chi connectivity index (χ2n) is 5.98. The fourth-order valence-corrected chi connectivity index (χ4v) is 2.37. The molecule has 0 saturated carbocycles. The minimum atomic E-state index is -0.491. The Morgan fingerprint density at radius 3 is 2.40 bits per heavy atom. The molecule has 0 aliphatic rings. The van der Waals surface area contributed by atoms with E-state index in [0.29, 0.717) is 6.54 Å². The number of nitrogens with zero attached hydrogens (tertiary/aromatic N) is 1. The summed E-state index contributed by atoms with van der Waals surface area (Å²) in [5, 5.41) is 5.27. The van der Waals surface area contributed by atoms with Crippen molar-refractivity contribution in [2.24, 2.45) is 0 Å². The van der Waals surface area contributed by atoms with Gasteiger partial charge in [-0.1, -0.05) is 30.3 Å². The molecule has 0 aliphatic carbocycles. The number of amides is 2. The summed E-state index contributed by atoms with van der Waals surface area (Å²) in [5.41, 5.74) is 2.35. The highest BCUT2D eigenvalue weighted by Crippen LogP contribution is 2.10. The average molecular weight is 343 g/mol. The van der Waals surface area contributed by atoms with Gasteiger partial charge >= 0.3 is 0 Å². The van der Waals surface area contributed by atoms with Gasteiger partial charge in [-0.3, -0.25) is 9.59 Å². The number of hydrogen-bond donors (Lipinski definition) is 2. The molecule has 0 fully saturated rings. The van der Waals surface area contributed by atoms with Gasteiger partial charge in [0.25, 0.3) is 5.91 Å². The molecule has 2 amide bonds. The highest BCUT2D eigenvalue weighted by molar-refractivity contribution is 5.96. The lowest BCUT2D eigenvalue weighted by Crippen LogP contribution is -2.36. The zero-order valence-electron chi connectivity index (χ0n) is 14.4. The van der Waals surface area contributed by atoms with Gasteiger partial charge in [0.2, 0.25) is 5.91 Å². The molecular formula is C19H22FN3O2. The first-order valence-corrected chi connectivity index (χ1v) is 7.97. The summed E-state index contributed by atoms with van der Waals surface area (Å²) in [6, 6.07) is 13.2. The molecule has 0 spiro atoms. The number of rotatable bonds is 7. The third kappa shape index (κ3) is 6.00. The zero-order chi connectivity index (χ0) is 18.2. The van der Waals surface area contributed by atoms with E-state index in [2.05, 4.69) is 15.5 Å². The van der Waals surface area contributed by atoms with Crippen molar-refractivity contribution in [2.75, 3.05) is 20.6 Å². The summed E-state index contributed by atoms with van der Waals surface area (Å²) in [4.78, 5) is 25.9. The molecule has 0 unspecified atom stereocenters. The lowest BCUT2D eigenvalue weighted by Gasteiger charge is -2.14. The van der Waals surface area contributed by atoms with Crippen LogP contribution in [0.2, 0.25) is 0 Å². The summed E-state index contributed by atoms with van der Waals surface area (Å²) in [5.74, 6) is -1.28. The van der Waals surface area contributed by atoms with Crippen LogP contribution in [0.25, 0.3) is 0 Å². The van der Waals surface area contributed by atoms with Gasteiger partial charge in [-0.2, -0.15) is 0 Å². The van der Waals surface area contributed by atoms with Crippen molar-refractivity contribution in [3.63, 3.8) is 0 Å².